The van der Waals surface area contributed by atoms with Crippen molar-refractivity contribution in [3.05, 3.63) is 18.5 Å². The second kappa shape index (κ2) is 2.12. The lowest BCUT2D eigenvalue weighted by Crippen LogP contribution is -1.99. The van der Waals surface area contributed by atoms with E-state index < -0.39 is 0 Å². The van der Waals surface area contributed by atoms with Gasteiger partial charge in [0.2, 0.25) is 0 Å². The summed E-state index contributed by atoms with van der Waals surface area (Å²) in [5.41, 5.74) is 1.79. The first-order chi connectivity index (χ1) is 5.27. The predicted molar refractivity (Wildman–Crippen MR) is 42.4 cm³/mol. The Morgan fingerprint density at radius 2 is 2.36 bits per heavy atom. The molecule has 58 valence electrons. The van der Waals surface area contributed by atoms with E-state index in [1.54, 1.807) is 6.26 Å². The number of nitrogens with zero attached hydrogens (tertiary/aromatic N) is 2. The van der Waals surface area contributed by atoms with Gasteiger partial charge >= 0.3 is 0 Å². The van der Waals surface area contributed by atoms with Crippen LogP contribution in [-0.2, 0) is 0 Å². The fraction of sp³-hybridized carbons (Fsp3) is 0.375. The van der Waals surface area contributed by atoms with Gasteiger partial charge in [-0.1, -0.05) is 0 Å². The second-order valence-corrected chi connectivity index (χ2v) is 2.87. The van der Waals surface area contributed by atoms with Gasteiger partial charge in [0, 0.05) is 12.1 Å². The van der Waals surface area contributed by atoms with Crippen LogP contribution < -0.4 is 0 Å². The monoisotopic (exact) mass is 150 g/mol. The highest BCUT2D eigenvalue weighted by molar-refractivity contribution is 5.71. The Labute approximate surface area is 64.6 Å². The van der Waals surface area contributed by atoms with Gasteiger partial charge in [-0.2, -0.15) is 5.10 Å². The van der Waals surface area contributed by atoms with E-state index in [4.69, 9.17) is 4.42 Å². The molecule has 2 aromatic heterocycles. The Kier molecular flexibility index (Phi) is 1.24. The second-order valence-electron chi connectivity index (χ2n) is 2.87. The third-order valence-electron chi connectivity index (χ3n) is 1.68. The first-order valence-corrected chi connectivity index (χ1v) is 3.70. The molecule has 2 heterocycles. The minimum atomic E-state index is 0.401. The summed E-state index contributed by atoms with van der Waals surface area (Å²) < 4.78 is 7.06. The molecule has 0 saturated carbocycles. The normalized spacial score (nSPS) is 11.5. The van der Waals surface area contributed by atoms with Gasteiger partial charge in [0.05, 0.1) is 12.5 Å². The first kappa shape index (κ1) is 6.46. The third kappa shape index (κ3) is 0.926. The molecule has 0 aliphatic carbocycles. The molecule has 3 heteroatoms. The molecule has 0 saturated heterocycles. The van der Waals surface area contributed by atoms with Crippen molar-refractivity contribution < 1.29 is 4.42 Å². The zero-order chi connectivity index (χ0) is 7.84. The van der Waals surface area contributed by atoms with E-state index in [2.05, 4.69) is 18.9 Å². The molecule has 0 fully saturated rings. The molecule has 0 N–H and O–H groups in total. The average molecular weight is 150 g/mol. The van der Waals surface area contributed by atoms with Crippen molar-refractivity contribution in [1.29, 1.82) is 0 Å². The topological polar surface area (TPSA) is 31.0 Å². The van der Waals surface area contributed by atoms with Gasteiger partial charge in [-0.15, -0.1) is 0 Å². The molecule has 0 aliphatic heterocycles. The maximum atomic E-state index is 5.17. The summed E-state index contributed by atoms with van der Waals surface area (Å²) in [7, 11) is 0. The van der Waals surface area contributed by atoms with E-state index in [0.717, 1.165) is 11.1 Å². The smallest absolute Gasteiger partial charge is 0.171 e. The zero-order valence-corrected chi connectivity index (χ0v) is 6.61. The summed E-state index contributed by atoms with van der Waals surface area (Å²) >= 11 is 0. The van der Waals surface area contributed by atoms with Crippen molar-refractivity contribution in [3.63, 3.8) is 0 Å². The molecule has 0 radical (unpaired) electrons. The molecule has 0 bridgehead atoms. The molecule has 0 amide bonds. The average Bonchev–Trinajstić information content (AvgIpc) is 2.40. The highest BCUT2D eigenvalue weighted by Gasteiger charge is 2.04. The molecule has 11 heavy (non-hydrogen) atoms. The van der Waals surface area contributed by atoms with Gasteiger partial charge in [-0.3, -0.25) is 4.68 Å². The maximum Gasteiger partial charge on any atom is 0.171 e. The van der Waals surface area contributed by atoms with Gasteiger partial charge < -0.3 is 4.42 Å². The minimum absolute atomic E-state index is 0.401. The summed E-state index contributed by atoms with van der Waals surface area (Å²) in [4.78, 5) is 0. The van der Waals surface area contributed by atoms with Crippen LogP contribution in [0.2, 0.25) is 0 Å². The van der Waals surface area contributed by atoms with Gasteiger partial charge in [-0.05, 0) is 13.8 Å². The van der Waals surface area contributed by atoms with Gasteiger partial charge in [0.25, 0.3) is 0 Å². The van der Waals surface area contributed by atoms with E-state index in [9.17, 15) is 0 Å². The molecule has 0 aliphatic rings. The van der Waals surface area contributed by atoms with E-state index in [-0.39, 0.29) is 0 Å². The fourth-order valence-electron chi connectivity index (χ4n) is 1.03. The van der Waals surface area contributed by atoms with E-state index in [1.165, 1.54) is 0 Å². The van der Waals surface area contributed by atoms with Crippen LogP contribution in [0.1, 0.15) is 19.9 Å². The standard InChI is InChI=1S/C8H10N2O/c1-6(2)10-5-8-7(9-10)3-4-11-8/h3-6H,1-2H3. The number of furan rings is 1. The molecule has 0 aromatic carbocycles. The number of rotatable bonds is 1. The summed E-state index contributed by atoms with van der Waals surface area (Å²) in [6.07, 6.45) is 3.57. The van der Waals surface area contributed by atoms with Crippen molar-refractivity contribution in [2.75, 3.05) is 0 Å². The molecule has 2 aromatic rings. The van der Waals surface area contributed by atoms with Crippen LogP contribution in [0.5, 0.6) is 0 Å². The first-order valence-electron chi connectivity index (χ1n) is 3.70. The summed E-state index contributed by atoms with van der Waals surface area (Å²) in [5, 5.41) is 4.30. The lowest BCUT2D eigenvalue weighted by Gasteiger charge is -2.01. The van der Waals surface area contributed by atoms with Gasteiger partial charge in [0.15, 0.2) is 5.58 Å². The van der Waals surface area contributed by atoms with Crippen molar-refractivity contribution >= 4 is 11.1 Å². The quantitative estimate of drug-likeness (QED) is 0.624. The van der Waals surface area contributed by atoms with Crippen LogP contribution in [0.3, 0.4) is 0 Å². The molecule has 0 spiro atoms. The number of hydrogen-bond acceptors (Lipinski definition) is 2. The van der Waals surface area contributed by atoms with Crippen molar-refractivity contribution in [1.82, 2.24) is 9.78 Å². The number of fused-ring (bicyclic) bond motifs is 1. The maximum absolute atomic E-state index is 5.17. The summed E-state index contributed by atoms with van der Waals surface area (Å²) in [6, 6.07) is 2.27. The van der Waals surface area contributed by atoms with E-state index >= 15 is 0 Å². The zero-order valence-electron chi connectivity index (χ0n) is 6.61. The van der Waals surface area contributed by atoms with Gasteiger partial charge in [0.1, 0.15) is 5.52 Å². The summed E-state index contributed by atoms with van der Waals surface area (Å²) in [6.45, 7) is 4.18. The Morgan fingerprint density at radius 1 is 1.55 bits per heavy atom. The van der Waals surface area contributed by atoms with Crippen LogP contribution in [0.15, 0.2) is 22.9 Å². The number of hydrogen-bond donors (Lipinski definition) is 0. The van der Waals surface area contributed by atoms with Crippen LogP contribution in [0, 0.1) is 0 Å². The Morgan fingerprint density at radius 3 is 3.00 bits per heavy atom. The van der Waals surface area contributed by atoms with E-state index in [0.29, 0.717) is 6.04 Å². The highest BCUT2D eigenvalue weighted by atomic mass is 16.3. The Bertz CT molecular complexity index is 330. The molecule has 0 atom stereocenters. The molecule has 2 rings (SSSR count). The number of aromatic nitrogens is 2. The van der Waals surface area contributed by atoms with Crippen LogP contribution in [0.4, 0.5) is 0 Å². The predicted octanol–water partition coefficient (Wildman–Crippen LogP) is 2.21. The Balaban J connectivity index is 2.58. The lowest BCUT2D eigenvalue weighted by molar-refractivity contribution is 0.532. The van der Waals surface area contributed by atoms with Crippen LogP contribution in [0.25, 0.3) is 11.1 Å². The summed E-state index contributed by atoms with van der Waals surface area (Å²) in [5.74, 6) is 0. The Hall–Kier alpha value is -1.25. The molecular formula is C8H10N2O. The van der Waals surface area contributed by atoms with Crippen LogP contribution >= 0.6 is 0 Å². The largest absolute Gasteiger partial charge is 0.461 e. The van der Waals surface area contributed by atoms with Crippen molar-refractivity contribution in [2.24, 2.45) is 0 Å². The lowest BCUT2D eigenvalue weighted by atomic mass is 10.4. The fourth-order valence-corrected chi connectivity index (χ4v) is 1.03. The van der Waals surface area contributed by atoms with Gasteiger partial charge in [-0.25, -0.2) is 0 Å². The van der Waals surface area contributed by atoms with Crippen LogP contribution in [-0.4, -0.2) is 9.78 Å². The van der Waals surface area contributed by atoms with Crippen molar-refractivity contribution in [2.45, 2.75) is 19.9 Å². The van der Waals surface area contributed by atoms with E-state index in [1.807, 2.05) is 16.9 Å². The highest BCUT2D eigenvalue weighted by Crippen LogP contribution is 2.15. The molecule has 0 unspecified atom stereocenters. The third-order valence-corrected chi connectivity index (χ3v) is 1.68. The molecule has 3 nitrogen and oxygen atoms in total. The SMILES string of the molecule is CC(C)n1cc2occc2n1. The van der Waals surface area contributed by atoms with Crippen molar-refractivity contribution in [3.8, 4) is 0 Å². The molecular weight excluding hydrogens is 140 g/mol. The minimum Gasteiger partial charge on any atom is -0.461 e.